The number of nitro groups is 1. The summed E-state index contributed by atoms with van der Waals surface area (Å²) in [5, 5.41) is 11.2. The highest BCUT2D eigenvalue weighted by Gasteiger charge is 2.14. The van der Waals surface area contributed by atoms with Crippen LogP contribution in [0.3, 0.4) is 0 Å². The Morgan fingerprint density at radius 2 is 1.90 bits per heavy atom. The zero-order valence-corrected chi connectivity index (χ0v) is 12.2. The summed E-state index contributed by atoms with van der Waals surface area (Å²) in [6, 6.07) is 9.12. The highest BCUT2D eigenvalue weighted by Crippen LogP contribution is 2.37. The molecule has 0 heterocycles. The van der Waals surface area contributed by atoms with E-state index in [0.717, 1.165) is 0 Å². The molecule has 0 aliphatic heterocycles. The maximum Gasteiger partial charge on any atom is 0.271 e. The third kappa shape index (κ3) is 3.15. The van der Waals surface area contributed by atoms with E-state index < -0.39 is 4.92 Å². The van der Waals surface area contributed by atoms with Gasteiger partial charge < -0.3 is 4.74 Å². The standard InChI is InChI=1S/C13H8Cl3NO3/c14-7-8-2-1-3-10(15)13(8)20-12-5-4-9(17(18)19)6-11(12)16/h1-6H,7H2. The molecule has 2 aromatic rings. The largest absolute Gasteiger partial charge is 0.454 e. The molecular formula is C13H8Cl3NO3. The van der Waals surface area contributed by atoms with E-state index in [1.54, 1.807) is 18.2 Å². The van der Waals surface area contributed by atoms with Gasteiger partial charge in [0.2, 0.25) is 0 Å². The lowest BCUT2D eigenvalue weighted by Crippen LogP contribution is -1.93. The Morgan fingerprint density at radius 3 is 2.50 bits per heavy atom. The van der Waals surface area contributed by atoms with E-state index in [1.165, 1.54) is 18.2 Å². The molecule has 7 heteroatoms. The molecule has 0 spiro atoms. The lowest BCUT2D eigenvalue weighted by Gasteiger charge is -2.12. The summed E-state index contributed by atoms with van der Waals surface area (Å²) in [5.74, 6) is 0.886. The van der Waals surface area contributed by atoms with Crippen molar-refractivity contribution < 1.29 is 9.66 Å². The number of rotatable bonds is 4. The number of non-ortho nitro benzene ring substituents is 1. The molecule has 2 rings (SSSR count). The Bertz CT molecular complexity index is 661. The van der Waals surface area contributed by atoms with Crippen LogP contribution in [0.15, 0.2) is 36.4 Å². The maximum absolute atomic E-state index is 10.6. The van der Waals surface area contributed by atoms with Gasteiger partial charge in [0.1, 0.15) is 11.5 Å². The summed E-state index contributed by atoms with van der Waals surface area (Å²) < 4.78 is 5.63. The van der Waals surface area contributed by atoms with Crippen molar-refractivity contribution in [3.8, 4) is 11.5 Å². The number of halogens is 3. The van der Waals surface area contributed by atoms with Crippen LogP contribution >= 0.6 is 34.8 Å². The van der Waals surface area contributed by atoms with Crippen LogP contribution in [0.1, 0.15) is 5.56 Å². The van der Waals surface area contributed by atoms with E-state index in [-0.39, 0.29) is 22.3 Å². The van der Waals surface area contributed by atoms with Crippen LogP contribution in [-0.4, -0.2) is 4.92 Å². The summed E-state index contributed by atoms with van der Waals surface area (Å²) in [7, 11) is 0. The minimum absolute atomic E-state index is 0.112. The van der Waals surface area contributed by atoms with Crippen LogP contribution in [-0.2, 0) is 5.88 Å². The van der Waals surface area contributed by atoms with Gasteiger partial charge in [-0.2, -0.15) is 0 Å². The van der Waals surface area contributed by atoms with Crippen LogP contribution in [0, 0.1) is 10.1 Å². The van der Waals surface area contributed by atoms with Crippen molar-refractivity contribution in [2.75, 3.05) is 0 Å². The van der Waals surface area contributed by atoms with E-state index in [2.05, 4.69) is 0 Å². The van der Waals surface area contributed by atoms with Crippen LogP contribution in [0.25, 0.3) is 0 Å². The van der Waals surface area contributed by atoms with Crippen LogP contribution in [0.2, 0.25) is 10.0 Å². The van der Waals surface area contributed by atoms with Gasteiger partial charge >= 0.3 is 0 Å². The lowest BCUT2D eigenvalue weighted by atomic mass is 10.2. The Morgan fingerprint density at radius 1 is 1.15 bits per heavy atom. The maximum atomic E-state index is 10.6. The van der Waals surface area contributed by atoms with Crippen LogP contribution in [0.4, 0.5) is 5.69 Å². The molecule has 0 fully saturated rings. The van der Waals surface area contributed by atoms with Gasteiger partial charge in [-0.05, 0) is 12.1 Å². The number of nitrogens with zero attached hydrogens (tertiary/aromatic N) is 1. The molecule has 0 aromatic heterocycles. The smallest absolute Gasteiger partial charge is 0.271 e. The van der Waals surface area contributed by atoms with Gasteiger partial charge in [-0.3, -0.25) is 10.1 Å². The number of hydrogen-bond acceptors (Lipinski definition) is 3. The van der Waals surface area contributed by atoms with Gasteiger partial charge in [0.25, 0.3) is 5.69 Å². The fourth-order valence-corrected chi connectivity index (χ4v) is 2.23. The van der Waals surface area contributed by atoms with Crippen molar-refractivity contribution in [3.05, 3.63) is 62.1 Å². The third-order valence-corrected chi connectivity index (χ3v) is 3.41. The van der Waals surface area contributed by atoms with Crippen molar-refractivity contribution in [1.82, 2.24) is 0 Å². The Balaban J connectivity index is 2.38. The summed E-state index contributed by atoms with van der Waals surface area (Å²) in [6.45, 7) is 0. The molecule has 4 nitrogen and oxygen atoms in total. The summed E-state index contributed by atoms with van der Waals surface area (Å²) in [4.78, 5) is 10.1. The van der Waals surface area contributed by atoms with Gasteiger partial charge in [-0.15, -0.1) is 11.6 Å². The van der Waals surface area contributed by atoms with E-state index in [1.807, 2.05) is 0 Å². The molecule has 2 aromatic carbocycles. The molecule has 104 valence electrons. The molecule has 20 heavy (non-hydrogen) atoms. The van der Waals surface area contributed by atoms with E-state index in [4.69, 9.17) is 39.5 Å². The fraction of sp³-hybridized carbons (Fsp3) is 0.0769. The molecule has 0 unspecified atom stereocenters. The molecule has 0 amide bonds. The fourth-order valence-electron chi connectivity index (χ4n) is 1.57. The topological polar surface area (TPSA) is 52.4 Å². The SMILES string of the molecule is O=[N+]([O-])c1ccc(Oc2c(Cl)cccc2CCl)c(Cl)c1. The predicted octanol–water partition coefficient (Wildman–Crippen LogP) is 5.43. The van der Waals surface area contributed by atoms with Crippen molar-refractivity contribution in [3.63, 3.8) is 0 Å². The molecule has 0 bridgehead atoms. The van der Waals surface area contributed by atoms with Gasteiger partial charge in [0.15, 0.2) is 0 Å². The zero-order chi connectivity index (χ0) is 14.7. The molecular weight excluding hydrogens is 325 g/mol. The minimum atomic E-state index is -0.532. The number of hydrogen-bond donors (Lipinski definition) is 0. The van der Waals surface area contributed by atoms with Crippen molar-refractivity contribution in [2.45, 2.75) is 5.88 Å². The number of para-hydroxylation sites is 1. The van der Waals surface area contributed by atoms with Crippen LogP contribution in [0.5, 0.6) is 11.5 Å². The summed E-state index contributed by atoms with van der Waals surface area (Å²) >= 11 is 17.8. The lowest BCUT2D eigenvalue weighted by molar-refractivity contribution is -0.384. The number of alkyl halides is 1. The highest BCUT2D eigenvalue weighted by molar-refractivity contribution is 6.33. The minimum Gasteiger partial charge on any atom is -0.454 e. The van der Waals surface area contributed by atoms with Crippen LogP contribution < -0.4 is 4.74 Å². The molecule has 0 N–H and O–H groups in total. The second kappa shape index (κ2) is 6.31. The van der Waals surface area contributed by atoms with Crippen molar-refractivity contribution in [2.24, 2.45) is 0 Å². The second-order valence-corrected chi connectivity index (χ2v) is 4.92. The monoisotopic (exact) mass is 331 g/mol. The second-order valence-electron chi connectivity index (χ2n) is 3.84. The first-order valence-corrected chi connectivity index (χ1v) is 6.77. The Kier molecular flexibility index (Phi) is 4.70. The quantitative estimate of drug-likeness (QED) is 0.426. The zero-order valence-electron chi connectivity index (χ0n) is 9.98. The van der Waals surface area contributed by atoms with Gasteiger partial charge in [0.05, 0.1) is 20.8 Å². The normalized spacial score (nSPS) is 10.3. The highest BCUT2D eigenvalue weighted by atomic mass is 35.5. The summed E-state index contributed by atoms with van der Waals surface area (Å²) in [6.07, 6.45) is 0. The molecule has 0 aliphatic carbocycles. The first-order chi connectivity index (χ1) is 9.52. The van der Waals surface area contributed by atoms with Gasteiger partial charge in [0, 0.05) is 17.7 Å². The molecule has 0 atom stereocenters. The third-order valence-electron chi connectivity index (χ3n) is 2.53. The Hall–Kier alpha value is -1.49. The molecule has 0 radical (unpaired) electrons. The first kappa shape index (κ1) is 14.9. The van der Waals surface area contributed by atoms with Gasteiger partial charge in [-0.25, -0.2) is 0 Å². The van der Waals surface area contributed by atoms with E-state index in [0.29, 0.717) is 16.3 Å². The molecule has 0 aliphatic rings. The predicted molar refractivity (Wildman–Crippen MR) is 79.2 cm³/mol. The van der Waals surface area contributed by atoms with Crippen molar-refractivity contribution in [1.29, 1.82) is 0 Å². The van der Waals surface area contributed by atoms with E-state index >= 15 is 0 Å². The Labute approximate surface area is 130 Å². The molecule has 0 saturated heterocycles. The number of ether oxygens (including phenoxy) is 1. The van der Waals surface area contributed by atoms with Crippen molar-refractivity contribution >= 4 is 40.5 Å². The van der Waals surface area contributed by atoms with E-state index in [9.17, 15) is 10.1 Å². The number of benzene rings is 2. The number of nitro benzene ring substituents is 1. The average Bonchev–Trinajstić information content (AvgIpc) is 2.42. The molecule has 0 saturated carbocycles. The summed E-state index contributed by atoms with van der Waals surface area (Å²) in [5.41, 5.74) is 0.590. The van der Waals surface area contributed by atoms with Gasteiger partial charge in [-0.1, -0.05) is 35.3 Å². The first-order valence-electron chi connectivity index (χ1n) is 5.48. The average molecular weight is 333 g/mol.